The molecule has 0 spiro atoms. The molecular formula is C13H19ClN2O. The summed E-state index contributed by atoms with van der Waals surface area (Å²) >= 11 is 0. The van der Waals surface area contributed by atoms with Gasteiger partial charge in [-0.25, -0.2) is 0 Å². The van der Waals surface area contributed by atoms with Crippen LogP contribution in [-0.2, 0) is 11.2 Å². The second-order valence-electron chi connectivity index (χ2n) is 4.43. The lowest BCUT2D eigenvalue weighted by Crippen LogP contribution is -2.39. The van der Waals surface area contributed by atoms with Gasteiger partial charge in [0.15, 0.2) is 0 Å². The van der Waals surface area contributed by atoms with Gasteiger partial charge in [-0.1, -0.05) is 6.07 Å². The highest BCUT2D eigenvalue weighted by molar-refractivity contribution is 5.96. The third-order valence-corrected chi connectivity index (χ3v) is 3.17. The number of carbonyl (C=O) groups is 1. The zero-order valence-electron chi connectivity index (χ0n) is 10.3. The third-order valence-electron chi connectivity index (χ3n) is 3.17. The number of fused-ring (bicyclic) bond motifs is 1. The largest absolute Gasteiger partial charge is 0.322 e. The molecule has 0 bridgehead atoms. The van der Waals surface area contributed by atoms with Crippen molar-refractivity contribution in [1.82, 2.24) is 0 Å². The quantitative estimate of drug-likeness (QED) is 0.833. The summed E-state index contributed by atoms with van der Waals surface area (Å²) in [6.07, 6.45) is 2.10. The van der Waals surface area contributed by atoms with Crippen molar-refractivity contribution in [3.05, 3.63) is 28.8 Å². The van der Waals surface area contributed by atoms with Crippen LogP contribution >= 0.6 is 12.4 Å². The number of hydrogen-bond acceptors (Lipinski definition) is 2. The SMILES string of the molecule is Cc1cc(C)c2c(c1)N(C(=O)CN)CCC2.Cl. The fourth-order valence-corrected chi connectivity index (χ4v) is 2.44. The van der Waals surface area contributed by atoms with Gasteiger partial charge >= 0.3 is 0 Å². The lowest BCUT2D eigenvalue weighted by atomic mass is 9.95. The van der Waals surface area contributed by atoms with Gasteiger partial charge in [-0.05, 0) is 49.4 Å². The van der Waals surface area contributed by atoms with E-state index in [-0.39, 0.29) is 24.9 Å². The number of benzene rings is 1. The molecule has 4 heteroatoms. The van der Waals surface area contributed by atoms with Gasteiger partial charge in [-0.2, -0.15) is 0 Å². The van der Waals surface area contributed by atoms with Gasteiger partial charge in [-0.15, -0.1) is 12.4 Å². The normalized spacial score (nSPS) is 13.9. The number of carbonyl (C=O) groups excluding carboxylic acids is 1. The van der Waals surface area contributed by atoms with Gasteiger partial charge in [-0.3, -0.25) is 4.79 Å². The van der Waals surface area contributed by atoms with Crippen molar-refractivity contribution < 1.29 is 4.79 Å². The van der Waals surface area contributed by atoms with E-state index in [1.807, 2.05) is 4.90 Å². The van der Waals surface area contributed by atoms with E-state index in [2.05, 4.69) is 26.0 Å². The molecular weight excluding hydrogens is 236 g/mol. The Bertz CT molecular complexity index is 432. The van der Waals surface area contributed by atoms with E-state index >= 15 is 0 Å². The predicted octanol–water partition coefficient (Wildman–Crippen LogP) is 1.96. The van der Waals surface area contributed by atoms with Gasteiger partial charge in [0.25, 0.3) is 0 Å². The molecule has 2 N–H and O–H groups in total. The molecule has 1 aliphatic heterocycles. The molecule has 0 saturated heterocycles. The first-order valence-electron chi connectivity index (χ1n) is 5.74. The molecule has 1 aromatic rings. The van der Waals surface area contributed by atoms with Crippen LogP contribution in [0.25, 0.3) is 0 Å². The topological polar surface area (TPSA) is 46.3 Å². The van der Waals surface area contributed by atoms with Crippen LogP contribution in [0.3, 0.4) is 0 Å². The van der Waals surface area contributed by atoms with Crippen LogP contribution in [0.15, 0.2) is 12.1 Å². The van der Waals surface area contributed by atoms with Crippen molar-refractivity contribution >= 4 is 24.0 Å². The number of anilines is 1. The molecule has 17 heavy (non-hydrogen) atoms. The van der Waals surface area contributed by atoms with Crippen LogP contribution < -0.4 is 10.6 Å². The Morgan fingerprint density at radius 1 is 1.41 bits per heavy atom. The van der Waals surface area contributed by atoms with E-state index < -0.39 is 0 Å². The van der Waals surface area contributed by atoms with E-state index in [1.165, 1.54) is 16.7 Å². The average molecular weight is 255 g/mol. The average Bonchev–Trinajstić information content (AvgIpc) is 2.27. The predicted molar refractivity (Wildman–Crippen MR) is 72.9 cm³/mol. The van der Waals surface area contributed by atoms with Crippen LogP contribution in [0.4, 0.5) is 5.69 Å². The van der Waals surface area contributed by atoms with Crippen LogP contribution in [0.5, 0.6) is 0 Å². The highest BCUT2D eigenvalue weighted by Gasteiger charge is 2.22. The zero-order valence-corrected chi connectivity index (χ0v) is 11.1. The summed E-state index contributed by atoms with van der Waals surface area (Å²) in [5.74, 6) is 0.0194. The van der Waals surface area contributed by atoms with Crippen LogP contribution in [0.1, 0.15) is 23.1 Å². The molecule has 0 atom stereocenters. The summed E-state index contributed by atoms with van der Waals surface area (Å²) in [5, 5.41) is 0. The summed E-state index contributed by atoms with van der Waals surface area (Å²) < 4.78 is 0. The molecule has 0 aliphatic carbocycles. The number of hydrogen-bond donors (Lipinski definition) is 1. The van der Waals surface area contributed by atoms with Crippen LogP contribution in [-0.4, -0.2) is 19.0 Å². The number of nitrogens with zero attached hydrogens (tertiary/aromatic N) is 1. The molecule has 1 aromatic carbocycles. The van der Waals surface area contributed by atoms with Crippen molar-refractivity contribution in [2.24, 2.45) is 5.73 Å². The molecule has 3 nitrogen and oxygen atoms in total. The molecule has 1 aliphatic rings. The number of halogens is 1. The Balaban J connectivity index is 0.00000144. The van der Waals surface area contributed by atoms with Gasteiger partial charge in [0.2, 0.25) is 5.91 Å². The van der Waals surface area contributed by atoms with Crippen molar-refractivity contribution in [2.75, 3.05) is 18.0 Å². The molecule has 1 heterocycles. The number of nitrogens with two attached hydrogens (primary N) is 1. The van der Waals surface area contributed by atoms with E-state index in [1.54, 1.807) is 0 Å². The van der Waals surface area contributed by atoms with E-state index in [9.17, 15) is 4.79 Å². The van der Waals surface area contributed by atoms with Gasteiger partial charge in [0.05, 0.1) is 6.54 Å². The Labute approximate surface area is 108 Å². The minimum absolute atomic E-state index is 0. The van der Waals surface area contributed by atoms with Crippen molar-refractivity contribution in [3.8, 4) is 0 Å². The maximum atomic E-state index is 11.8. The van der Waals surface area contributed by atoms with Gasteiger partial charge < -0.3 is 10.6 Å². The first-order chi connectivity index (χ1) is 7.63. The van der Waals surface area contributed by atoms with Crippen molar-refractivity contribution in [2.45, 2.75) is 26.7 Å². The maximum Gasteiger partial charge on any atom is 0.240 e. The summed E-state index contributed by atoms with van der Waals surface area (Å²) in [4.78, 5) is 13.6. The van der Waals surface area contributed by atoms with Crippen molar-refractivity contribution in [3.63, 3.8) is 0 Å². The molecule has 0 saturated carbocycles. The summed E-state index contributed by atoms with van der Waals surface area (Å²) in [6, 6.07) is 4.27. The molecule has 0 fully saturated rings. The minimum Gasteiger partial charge on any atom is -0.322 e. The monoisotopic (exact) mass is 254 g/mol. The molecule has 0 aromatic heterocycles. The first-order valence-corrected chi connectivity index (χ1v) is 5.74. The molecule has 2 rings (SSSR count). The minimum atomic E-state index is 0. The van der Waals surface area contributed by atoms with E-state index in [0.29, 0.717) is 0 Å². The van der Waals surface area contributed by atoms with Crippen LogP contribution in [0.2, 0.25) is 0 Å². The van der Waals surface area contributed by atoms with Crippen molar-refractivity contribution in [1.29, 1.82) is 0 Å². The standard InChI is InChI=1S/C13H18N2O.ClH/c1-9-6-10(2)11-4-3-5-15(12(11)7-9)13(16)8-14;/h6-7H,3-5,8,14H2,1-2H3;1H. The Kier molecular flexibility index (Phi) is 4.54. The molecule has 1 amide bonds. The number of rotatable bonds is 1. The third kappa shape index (κ3) is 2.61. The number of amides is 1. The summed E-state index contributed by atoms with van der Waals surface area (Å²) in [5.41, 5.74) is 10.3. The molecule has 0 unspecified atom stereocenters. The Morgan fingerprint density at radius 3 is 2.76 bits per heavy atom. The fourth-order valence-electron chi connectivity index (χ4n) is 2.44. The van der Waals surface area contributed by atoms with Gasteiger partial charge in [0.1, 0.15) is 0 Å². The summed E-state index contributed by atoms with van der Waals surface area (Å²) in [6.45, 7) is 5.06. The van der Waals surface area contributed by atoms with Crippen LogP contribution in [0, 0.1) is 13.8 Å². The number of aryl methyl sites for hydroxylation is 2. The second-order valence-corrected chi connectivity index (χ2v) is 4.43. The Morgan fingerprint density at radius 2 is 2.12 bits per heavy atom. The van der Waals surface area contributed by atoms with E-state index in [0.717, 1.165) is 25.1 Å². The Hall–Kier alpha value is -1.06. The zero-order chi connectivity index (χ0) is 11.7. The lowest BCUT2D eigenvalue weighted by Gasteiger charge is -2.30. The van der Waals surface area contributed by atoms with E-state index in [4.69, 9.17) is 5.73 Å². The molecule has 94 valence electrons. The lowest BCUT2D eigenvalue weighted by molar-refractivity contribution is -0.117. The molecule has 0 radical (unpaired) electrons. The fraction of sp³-hybridized carbons (Fsp3) is 0.462. The first kappa shape index (κ1) is 14.0. The smallest absolute Gasteiger partial charge is 0.240 e. The van der Waals surface area contributed by atoms with Gasteiger partial charge in [0, 0.05) is 12.2 Å². The second kappa shape index (κ2) is 5.52. The summed E-state index contributed by atoms with van der Waals surface area (Å²) in [7, 11) is 0. The maximum absolute atomic E-state index is 11.8. The highest BCUT2D eigenvalue weighted by Crippen LogP contribution is 2.30. The highest BCUT2D eigenvalue weighted by atomic mass is 35.5.